The normalized spacial score (nSPS) is 11.3. The summed E-state index contributed by atoms with van der Waals surface area (Å²) in [5, 5.41) is 19.3. The molecule has 0 saturated heterocycles. The van der Waals surface area contributed by atoms with E-state index in [1.54, 1.807) is 18.3 Å². The number of ether oxygens (including phenoxy) is 1. The molecule has 170 valence electrons. The molecular weight excluding hydrogens is 438 g/mol. The smallest absolute Gasteiger partial charge is 0.419 e. The zero-order valence-electron chi connectivity index (χ0n) is 19.5. The van der Waals surface area contributed by atoms with Crippen LogP contribution in [0.15, 0.2) is 73.1 Å². The van der Waals surface area contributed by atoms with Crippen LogP contribution >= 0.6 is 0 Å². The molecule has 7 nitrogen and oxygen atoms in total. The highest BCUT2D eigenvalue weighted by molar-refractivity contribution is 5.97. The van der Waals surface area contributed by atoms with Crippen molar-refractivity contribution in [2.75, 3.05) is 0 Å². The van der Waals surface area contributed by atoms with Gasteiger partial charge in [-0.2, -0.15) is 10.5 Å². The van der Waals surface area contributed by atoms with Crippen molar-refractivity contribution in [3.05, 3.63) is 84.3 Å². The summed E-state index contributed by atoms with van der Waals surface area (Å²) in [5.41, 5.74) is 4.94. The lowest BCUT2D eigenvalue weighted by Gasteiger charge is -2.21. The second kappa shape index (κ2) is 8.16. The van der Waals surface area contributed by atoms with Crippen molar-refractivity contribution < 1.29 is 9.53 Å². The van der Waals surface area contributed by atoms with Crippen LogP contribution in [0.1, 0.15) is 32.0 Å². The Balaban J connectivity index is 1.58. The van der Waals surface area contributed by atoms with E-state index in [0.29, 0.717) is 28.1 Å². The largest absolute Gasteiger partial charge is 0.443 e. The average molecular weight is 460 g/mol. The minimum atomic E-state index is -0.668. The van der Waals surface area contributed by atoms with Gasteiger partial charge in [-0.3, -0.25) is 0 Å². The molecular formula is C28H21N5O2. The molecule has 0 aliphatic heterocycles. The van der Waals surface area contributed by atoms with E-state index in [4.69, 9.17) is 10.00 Å². The summed E-state index contributed by atoms with van der Waals surface area (Å²) in [7, 11) is 0. The molecule has 0 amide bonds. The number of rotatable bonds is 2. The molecule has 5 aromatic rings. The van der Waals surface area contributed by atoms with Gasteiger partial charge >= 0.3 is 6.09 Å². The standard InChI is InChI=1S/C28H21N5O2/c1-28(2,3)35-27(34)33-24-12-18(15-29)4-5-22(24)13-25(33)20-8-6-19(7-9-20)21-10-11-32-17-23(16-30)31-26(32)14-21/h4-14,17H,1-3H3. The quantitative estimate of drug-likeness (QED) is 0.315. The van der Waals surface area contributed by atoms with Crippen molar-refractivity contribution in [1.29, 1.82) is 10.5 Å². The summed E-state index contributed by atoms with van der Waals surface area (Å²) in [4.78, 5) is 17.5. The van der Waals surface area contributed by atoms with Gasteiger partial charge < -0.3 is 9.14 Å². The fourth-order valence-electron chi connectivity index (χ4n) is 4.04. The Labute approximate surface area is 202 Å². The van der Waals surface area contributed by atoms with E-state index in [9.17, 15) is 10.1 Å². The number of nitrogens with zero attached hydrogens (tertiary/aromatic N) is 5. The predicted octanol–water partition coefficient (Wildman–Crippen LogP) is 6.15. The van der Waals surface area contributed by atoms with Crippen LogP contribution in [-0.4, -0.2) is 25.6 Å². The number of nitriles is 2. The van der Waals surface area contributed by atoms with Crippen molar-refractivity contribution in [3.63, 3.8) is 0 Å². The first kappa shape index (κ1) is 21.9. The zero-order valence-corrected chi connectivity index (χ0v) is 19.5. The van der Waals surface area contributed by atoms with Crippen molar-refractivity contribution in [2.45, 2.75) is 26.4 Å². The van der Waals surface area contributed by atoms with Crippen LogP contribution < -0.4 is 0 Å². The van der Waals surface area contributed by atoms with Crippen LogP contribution in [0, 0.1) is 22.7 Å². The van der Waals surface area contributed by atoms with E-state index < -0.39 is 11.7 Å². The number of carbonyl (C=O) groups is 1. The Bertz CT molecular complexity index is 1690. The Kier molecular flexibility index (Phi) is 5.12. The third kappa shape index (κ3) is 4.12. The first-order valence-electron chi connectivity index (χ1n) is 11.0. The Hall–Kier alpha value is -4.88. The maximum atomic E-state index is 13.2. The Morgan fingerprint density at radius 2 is 1.66 bits per heavy atom. The summed E-state index contributed by atoms with van der Waals surface area (Å²) in [6, 6.07) is 23.1. The number of fused-ring (bicyclic) bond motifs is 2. The Morgan fingerprint density at radius 3 is 2.34 bits per heavy atom. The SMILES string of the molecule is CC(C)(C)OC(=O)n1c(-c2ccc(-c3ccn4cc(C#N)nc4c3)cc2)cc2ccc(C#N)cc21. The second-order valence-electron chi connectivity index (χ2n) is 9.23. The first-order valence-corrected chi connectivity index (χ1v) is 11.0. The fourth-order valence-corrected chi connectivity index (χ4v) is 4.04. The number of hydrogen-bond donors (Lipinski definition) is 0. The minimum absolute atomic E-state index is 0.368. The molecule has 0 unspecified atom stereocenters. The molecule has 0 N–H and O–H groups in total. The summed E-state index contributed by atoms with van der Waals surface area (Å²) >= 11 is 0. The lowest BCUT2D eigenvalue weighted by Crippen LogP contribution is -2.27. The van der Waals surface area contributed by atoms with E-state index in [2.05, 4.69) is 17.1 Å². The number of aromatic nitrogens is 3. The topological polar surface area (TPSA) is 96.1 Å². The van der Waals surface area contributed by atoms with Crippen LogP contribution in [0.25, 0.3) is 38.9 Å². The van der Waals surface area contributed by atoms with E-state index >= 15 is 0 Å². The van der Waals surface area contributed by atoms with Crippen molar-refractivity contribution >= 4 is 22.6 Å². The zero-order chi connectivity index (χ0) is 24.7. The average Bonchev–Trinajstić information content (AvgIpc) is 3.43. The molecule has 0 radical (unpaired) electrons. The number of hydrogen-bond acceptors (Lipinski definition) is 5. The summed E-state index contributed by atoms with van der Waals surface area (Å²) in [6.07, 6.45) is 3.06. The van der Waals surface area contributed by atoms with E-state index in [1.165, 1.54) is 4.57 Å². The lowest BCUT2D eigenvalue weighted by atomic mass is 10.0. The number of imidazole rings is 1. The molecule has 2 aromatic carbocycles. The fraction of sp³-hybridized carbons (Fsp3) is 0.143. The highest BCUT2D eigenvalue weighted by Crippen LogP contribution is 2.32. The minimum Gasteiger partial charge on any atom is -0.443 e. The molecule has 0 saturated carbocycles. The van der Waals surface area contributed by atoms with E-state index in [1.807, 2.05) is 79.9 Å². The number of benzene rings is 2. The molecule has 0 fully saturated rings. The Morgan fingerprint density at radius 1 is 0.914 bits per heavy atom. The predicted molar refractivity (Wildman–Crippen MR) is 133 cm³/mol. The molecule has 0 spiro atoms. The molecule has 0 atom stereocenters. The molecule has 5 rings (SSSR count). The molecule has 3 aromatic heterocycles. The maximum absolute atomic E-state index is 13.2. The van der Waals surface area contributed by atoms with Crippen LogP contribution in [-0.2, 0) is 4.74 Å². The second-order valence-corrected chi connectivity index (χ2v) is 9.23. The third-order valence-electron chi connectivity index (χ3n) is 5.60. The van der Waals surface area contributed by atoms with Crippen molar-refractivity contribution in [3.8, 4) is 34.5 Å². The van der Waals surface area contributed by atoms with Gasteiger partial charge in [0.2, 0.25) is 0 Å². The molecule has 7 heteroatoms. The van der Waals surface area contributed by atoms with Gasteiger partial charge in [0.15, 0.2) is 5.69 Å². The van der Waals surface area contributed by atoms with Gasteiger partial charge in [0.1, 0.15) is 17.3 Å². The number of carbonyl (C=O) groups excluding carboxylic acids is 1. The van der Waals surface area contributed by atoms with Gasteiger partial charge in [-0.15, -0.1) is 0 Å². The number of pyridine rings is 1. The molecule has 3 heterocycles. The maximum Gasteiger partial charge on any atom is 0.419 e. The van der Waals surface area contributed by atoms with Gasteiger partial charge in [0.05, 0.1) is 22.8 Å². The monoisotopic (exact) mass is 459 g/mol. The van der Waals surface area contributed by atoms with Crippen LogP contribution in [0.5, 0.6) is 0 Å². The summed E-state index contributed by atoms with van der Waals surface area (Å²) in [5.74, 6) is 0. The van der Waals surface area contributed by atoms with E-state index in [0.717, 1.165) is 22.1 Å². The lowest BCUT2D eigenvalue weighted by molar-refractivity contribution is 0.0547. The molecule has 0 aliphatic rings. The molecule has 0 aliphatic carbocycles. The third-order valence-corrected chi connectivity index (χ3v) is 5.60. The summed E-state index contributed by atoms with van der Waals surface area (Å²) < 4.78 is 9.01. The first-order chi connectivity index (χ1) is 16.8. The van der Waals surface area contributed by atoms with Crippen molar-refractivity contribution in [1.82, 2.24) is 14.0 Å². The highest BCUT2D eigenvalue weighted by Gasteiger charge is 2.23. The van der Waals surface area contributed by atoms with Crippen LogP contribution in [0.2, 0.25) is 0 Å². The van der Waals surface area contributed by atoms with Gasteiger partial charge in [0.25, 0.3) is 0 Å². The summed E-state index contributed by atoms with van der Waals surface area (Å²) in [6.45, 7) is 5.46. The van der Waals surface area contributed by atoms with E-state index in [-0.39, 0.29) is 0 Å². The highest BCUT2D eigenvalue weighted by atomic mass is 16.6. The van der Waals surface area contributed by atoms with Gasteiger partial charge in [0, 0.05) is 17.8 Å². The van der Waals surface area contributed by atoms with Gasteiger partial charge in [-0.1, -0.05) is 30.3 Å². The van der Waals surface area contributed by atoms with Crippen molar-refractivity contribution in [2.24, 2.45) is 0 Å². The van der Waals surface area contributed by atoms with Crippen LogP contribution in [0.3, 0.4) is 0 Å². The van der Waals surface area contributed by atoms with Gasteiger partial charge in [-0.25, -0.2) is 14.3 Å². The van der Waals surface area contributed by atoms with Gasteiger partial charge in [-0.05, 0) is 67.8 Å². The molecule has 35 heavy (non-hydrogen) atoms. The van der Waals surface area contributed by atoms with Crippen LogP contribution in [0.4, 0.5) is 4.79 Å². The molecule has 0 bridgehead atoms.